The van der Waals surface area contributed by atoms with Crippen LogP contribution >= 0.6 is 0 Å². The molecular weight excluding hydrogens is 292 g/mol. The van der Waals surface area contributed by atoms with E-state index in [2.05, 4.69) is 22.6 Å². The zero-order chi connectivity index (χ0) is 16.1. The maximum Gasteiger partial charge on any atom is 0.272 e. The number of nitrogens with zero attached hydrogens (tertiary/aromatic N) is 1. The van der Waals surface area contributed by atoms with Crippen LogP contribution in [-0.2, 0) is 14.4 Å². The van der Waals surface area contributed by atoms with Crippen molar-refractivity contribution < 1.29 is 14.4 Å². The second kappa shape index (κ2) is 7.35. The van der Waals surface area contributed by atoms with Gasteiger partial charge >= 0.3 is 0 Å². The number of rotatable bonds is 5. The molecule has 1 amide bonds. The minimum atomic E-state index is -0.468. The van der Waals surface area contributed by atoms with Gasteiger partial charge in [-0.3, -0.25) is 14.6 Å². The van der Waals surface area contributed by atoms with E-state index in [0.717, 1.165) is 5.56 Å². The Morgan fingerprint density at radius 2 is 2.00 bits per heavy atom. The molecule has 3 atom stereocenters. The van der Waals surface area contributed by atoms with Gasteiger partial charge < -0.3 is 4.74 Å². The standard InChI is InChI=1S/C18H20N2O3/c1-13(14-7-9-19-10-8-14)23-20-18(21)17-11-16(12-22-17)15-5-3-2-4-6-15/h2-10,13,16-17H,11-12H2,1H3,(H,20,21)/t13-,16?,17?/m0/s1. The highest BCUT2D eigenvalue weighted by molar-refractivity contribution is 5.80. The summed E-state index contributed by atoms with van der Waals surface area (Å²) in [6.45, 7) is 2.43. The normalized spacial score (nSPS) is 21.8. The molecule has 0 spiro atoms. The number of benzene rings is 1. The number of amides is 1. The molecule has 1 saturated heterocycles. The average Bonchev–Trinajstić information content (AvgIpc) is 3.11. The van der Waals surface area contributed by atoms with Crippen LogP contribution in [0.1, 0.15) is 36.5 Å². The maximum atomic E-state index is 12.2. The van der Waals surface area contributed by atoms with Crippen LogP contribution in [0.4, 0.5) is 0 Å². The molecule has 0 saturated carbocycles. The Kier molecular flexibility index (Phi) is 5.00. The van der Waals surface area contributed by atoms with E-state index in [-0.39, 0.29) is 17.9 Å². The average molecular weight is 312 g/mol. The van der Waals surface area contributed by atoms with E-state index in [4.69, 9.17) is 9.57 Å². The Labute approximate surface area is 135 Å². The van der Waals surface area contributed by atoms with E-state index in [1.54, 1.807) is 12.4 Å². The fourth-order valence-corrected chi connectivity index (χ4v) is 2.68. The summed E-state index contributed by atoms with van der Waals surface area (Å²) < 4.78 is 5.62. The number of aromatic nitrogens is 1. The van der Waals surface area contributed by atoms with E-state index >= 15 is 0 Å². The van der Waals surface area contributed by atoms with Crippen molar-refractivity contribution in [2.24, 2.45) is 0 Å². The van der Waals surface area contributed by atoms with Crippen LogP contribution in [0.25, 0.3) is 0 Å². The van der Waals surface area contributed by atoms with Gasteiger partial charge in [0.15, 0.2) is 0 Å². The number of pyridine rings is 1. The van der Waals surface area contributed by atoms with Crippen LogP contribution in [0.2, 0.25) is 0 Å². The molecule has 0 radical (unpaired) electrons. The first kappa shape index (κ1) is 15.6. The number of ether oxygens (including phenoxy) is 1. The predicted octanol–water partition coefficient (Wildman–Crippen LogP) is 2.76. The van der Waals surface area contributed by atoms with Gasteiger partial charge in [-0.1, -0.05) is 30.3 Å². The summed E-state index contributed by atoms with van der Waals surface area (Å²) in [5.74, 6) is 0.0221. The Morgan fingerprint density at radius 3 is 2.74 bits per heavy atom. The second-order valence-corrected chi connectivity index (χ2v) is 5.67. The number of hydrogen-bond acceptors (Lipinski definition) is 4. The van der Waals surface area contributed by atoms with Crippen LogP contribution in [0.5, 0.6) is 0 Å². The van der Waals surface area contributed by atoms with Crippen molar-refractivity contribution in [2.45, 2.75) is 31.5 Å². The van der Waals surface area contributed by atoms with E-state index in [1.165, 1.54) is 5.56 Å². The molecule has 1 N–H and O–H groups in total. The molecule has 0 aliphatic carbocycles. The van der Waals surface area contributed by atoms with Gasteiger partial charge in [-0.25, -0.2) is 5.48 Å². The Hall–Kier alpha value is -2.24. The van der Waals surface area contributed by atoms with Crippen molar-refractivity contribution in [2.75, 3.05) is 6.61 Å². The summed E-state index contributed by atoms with van der Waals surface area (Å²) in [7, 11) is 0. The first-order valence-corrected chi connectivity index (χ1v) is 7.76. The SMILES string of the molecule is C[C@H](ONC(=O)C1CC(c2ccccc2)CO1)c1ccncc1. The van der Waals surface area contributed by atoms with Gasteiger partial charge in [-0.15, -0.1) is 0 Å². The summed E-state index contributed by atoms with van der Waals surface area (Å²) >= 11 is 0. The number of hydrogen-bond donors (Lipinski definition) is 1. The Balaban J connectivity index is 1.50. The van der Waals surface area contributed by atoms with Crippen molar-refractivity contribution in [1.29, 1.82) is 0 Å². The minimum Gasteiger partial charge on any atom is -0.368 e. The van der Waals surface area contributed by atoms with E-state index in [1.807, 2.05) is 37.3 Å². The van der Waals surface area contributed by atoms with Crippen molar-refractivity contribution >= 4 is 5.91 Å². The molecule has 1 aliphatic rings. The Morgan fingerprint density at radius 1 is 1.26 bits per heavy atom. The zero-order valence-corrected chi connectivity index (χ0v) is 13.0. The highest BCUT2D eigenvalue weighted by atomic mass is 16.7. The highest BCUT2D eigenvalue weighted by Gasteiger charge is 2.32. The lowest BCUT2D eigenvalue weighted by atomic mass is 9.96. The third-order valence-electron chi connectivity index (χ3n) is 4.07. The smallest absolute Gasteiger partial charge is 0.272 e. The molecule has 3 rings (SSSR count). The van der Waals surface area contributed by atoms with E-state index in [9.17, 15) is 4.79 Å². The van der Waals surface area contributed by atoms with Crippen LogP contribution in [0.3, 0.4) is 0 Å². The number of carbonyl (C=O) groups excluding carboxylic acids is 1. The summed E-state index contributed by atoms with van der Waals surface area (Å²) in [6, 6.07) is 13.8. The molecule has 5 nitrogen and oxygen atoms in total. The fourth-order valence-electron chi connectivity index (χ4n) is 2.68. The summed E-state index contributed by atoms with van der Waals surface area (Å²) in [5, 5.41) is 0. The molecular formula is C18H20N2O3. The lowest BCUT2D eigenvalue weighted by molar-refractivity contribution is -0.147. The topological polar surface area (TPSA) is 60.5 Å². The number of carbonyl (C=O) groups is 1. The molecule has 1 aliphatic heterocycles. The van der Waals surface area contributed by atoms with Crippen LogP contribution in [0, 0.1) is 0 Å². The molecule has 120 valence electrons. The first-order valence-electron chi connectivity index (χ1n) is 7.76. The summed E-state index contributed by atoms with van der Waals surface area (Å²) in [6.07, 6.45) is 3.35. The number of hydroxylamine groups is 1. The van der Waals surface area contributed by atoms with E-state index in [0.29, 0.717) is 13.0 Å². The van der Waals surface area contributed by atoms with Crippen molar-refractivity contribution in [3.8, 4) is 0 Å². The predicted molar refractivity (Wildman–Crippen MR) is 85.4 cm³/mol. The largest absolute Gasteiger partial charge is 0.368 e. The first-order chi connectivity index (χ1) is 11.2. The van der Waals surface area contributed by atoms with E-state index < -0.39 is 6.10 Å². The summed E-state index contributed by atoms with van der Waals surface area (Å²) in [5.41, 5.74) is 4.67. The lowest BCUT2D eigenvalue weighted by Gasteiger charge is -2.15. The monoisotopic (exact) mass is 312 g/mol. The highest BCUT2D eigenvalue weighted by Crippen LogP contribution is 2.29. The van der Waals surface area contributed by atoms with Crippen molar-refractivity contribution in [3.05, 3.63) is 66.0 Å². The summed E-state index contributed by atoms with van der Waals surface area (Å²) in [4.78, 5) is 21.6. The van der Waals surface area contributed by atoms with Crippen LogP contribution < -0.4 is 5.48 Å². The van der Waals surface area contributed by atoms with Gasteiger partial charge in [0.05, 0.1) is 6.61 Å². The lowest BCUT2D eigenvalue weighted by Crippen LogP contribution is -2.34. The third kappa shape index (κ3) is 3.94. The van der Waals surface area contributed by atoms with Crippen LogP contribution in [0.15, 0.2) is 54.9 Å². The molecule has 2 aromatic rings. The number of nitrogens with one attached hydrogen (secondary N) is 1. The maximum absolute atomic E-state index is 12.2. The molecule has 2 heterocycles. The van der Waals surface area contributed by atoms with Gasteiger partial charge in [0.1, 0.15) is 12.2 Å². The van der Waals surface area contributed by atoms with Gasteiger partial charge in [-0.05, 0) is 36.6 Å². The second-order valence-electron chi connectivity index (χ2n) is 5.67. The van der Waals surface area contributed by atoms with Crippen molar-refractivity contribution in [3.63, 3.8) is 0 Å². The third-order valence-corrected chi connectivity index (χ3v) is 4.07. The van der Waals surface area contributed by atoms with Gasteiger partial charge in [0.25, 0.3) is 5.91 Å². The molecule has 5 heteroatoms. The molecule has 1 aromatic heterocycles. The molecule has 0 bridgehead atoms. The molecule has 2 unspecified atom stereocenters. The molecule has 1 fully saturated rings. The van der Waals surface area contributed by atoms with Crippen molar-refractivity contribution in [1.82, 2.24) is 10.5 Å². The Bertz CT molecular complexity index is 633. The van der Waals surface area contributed by atoms with Gasteiger partial charge in [-0.2, -0.15) is 0 Å². The molecule has 1 aromatic carbocycles. The zero-order valence-electron chi connectivity index (χ0n) is 13.0. The molecule has 23 heavy (non-hydrogen) atoms. The quantitative estimate of drug-likeness (QED) is 0.863. The van der Waals surface area contributed by atoms with Crippen LogP contribution in [-0.4, -0.2) is 23.6 Å². The minimum absolute atomic E-state index is 0.232. The van der Waals surface area contributed by atoms with Gasteiger partial charge in [0.2, 0.25) is 0 Å². The fraction of sp³-hybridized carbons (Fsp3) is 0.333. The van der Waals surface area contributed by atoms with Gasteiger partial charge in [0, 0.05) is 18.3 Å².